The van der Waals surface area contributed by atoms with Crippen LogP contribution in [0.2, 0.25) is 0 Å². The number of thioether (sulfide) groups is 1. The van der Waals surface area contributed by atoms with E-state index in [1.54, 1.807) is 6.26 Å². The number of guanidine groups is 1. The Hall–Kier alpha value is -1.15. The first-order chi connectivity index (χ1) is 11.9. The molecule has 2 aromatic rings. The second kappa shape index (κ2) is 11.5. The van der Waals surface area contributed by atoms with E-state index < -0.39 is 0 Å². The Morgan fingerprint density at radius 2 is 2.08 bits per heavy atom. The van der Waals surface area contributed by atoms with Crippen molar-refractivity contribution in [2.45, 2.75) is 31.8 Å². The van der Waals surface area contributed by atoms with Crippen molar-refractivity contribution in [1.82, 2.24) is 10.6 Å². The van der Waals surface area contributed by atoms with Crippen LogP contribution < -0.4 is 10.6 Å². The molecule has 25 heavy (non-hydrogen) atoms. The fourth-order valence-electron chi connectivity index (χ4n) is 2.71. The average Bonchev–Trinajstić information content (AvgIpc) is 3.15. The second-order valence-corrected chi connectivity index (χ2v) is 7.11. The summed E-state index contributed by atoms with van der Waals surface area (Å²) in [5.74, 6) is 4.33. The molecule has 3 rings (SSSR count). The van der Waals surface area contributed by atoms with Crippen LogP contribution in [0.3, 0.4) is 0 Å². The smallest absolute Gasteiger partial charge is 0.191 e. The van der Waals surface area contributed by atoms with Crippen LogP contribution in [0.25, 0.3) is 0 Å². The van der Waals surface area contributed by atoms with E-state index in [2.05, 4.69) is 34.9 Å². The largest absolute Gasteiger partial charge is 0.469 e. The molecule has 6 heteroatoms. The maximum Gasteiger partial charge on any atom is 0.191 e. The molecule has 1 aliphatic rings. The third-order valence-electron chi connectivity index (χ3n) is 4.01. The Morgan fingerprint density at radius 1 is 1.20 bits per heavy atom. The van der Waals surface area contributed by atoms with Crippen LogP contribution in [0.1, 0.15) is 24.2 Å². The Kier molecular flexibility index (Phi) is 9.25. The quantitative estimate of drug-likeness (QED) is 0.379. The molecule has 1 aliphatic heterocycles. The standard InChI is InChI=1S/C19H25N3OS.HI/c1-2-6-16(7-3-1)14-21-19(22-17-8-5-13-24-15-17)20-11-10-18-9-4-12-23-18;/h1-4,6-7,9,12,17H,5,8,10-11,13-15H2,(H2,20,21,22);1H. The first-order valence-electron chi connectivity index (χ1n) is 8.59. The lowest BCUT2D eigenvalue weighted by Crippen LogP contribution is -2.46. The highest BCUT2D eigenvalue weighted by Gasteiger charge is 2.15. The van der Waals surface area contributed by atoms with E-state index in [1.807, 2.05) is 30.0 Å². The van der Waals surface area contributed by atoms with Gasteiger partial charge in [0, 0.05) is 24.8 Å². The maximum absolute atomic E-state index is 5.39. The van der Waals surface area contributed by atoms with Gasteiger partial charge in [-0.3, -0.25) is 0 Å². The van der Waals surface area contributed by atoms with Crippen molar-refractivity contribution in [3.8, 4) is 0 Å². The molecule has 0 aliphatic carbocycles. The molecule has 2 N–H and O–H groups in total. The predicted molar refractivity (Wildman–Crippen MR) is 117 cm³/mol. The van der Waals surface area contributed by atoms with Crippen molar-refractivity contribution < 1.29 is 4.42 Å². The van der Waals surface area contributed by atoms with Crippen LogP contribution in [-0.2, 0) is 13.0 Å². The molecule has 1 aromatic carbocycles. The molecule has 2 heterocycles. The van der Waals surface area contributed by atoms with Crippen LogP contribution in [0, 0.1) is 0 Å². The van der Waals surface area contributed by atoms with Crippen LogP contribution in [-0.4, -0.2) is 30.1 Å². The fourth-order valence-corrected chi connectivity index (χ4v) is 3.79. The molecule has 0 bridgehead atoms. The molecule has 0 amide bonds. The minimum atomic E-state index is 0. The van der Waals surface area contributed by atoms with Gasteiger partial charge in [0.05, 0.1) is 12.8 Å². The van der Waals surface area contributed by atoms with Gasteiger partial charge in [-0.2, -0.15) is 11.8 Å². The van der Waals surface area contributed by atoms with Crippen LogP contribution in [0.15, 0.2) is 58.1 Å². The SMILES string of the molecule is I.c1ccc(CN=C(NCCc2ccco2)NC2CCCSC2)cc1. The number of nitrogens with one attached hydrogen (secondary N) is 2. The summed E-state index contributed by atoms with van der Waals surface area (Å²) in [6, 6.07) is 14.8. The van der Waals surface area contributed by atoms with E-state index in [9.17, 15) is 0 Å². The number of rotatable bonds is 6. The van der Waals surface area contributed by atoms with Crippen molar-refractivity contribution in [3.05, 3.63) is 60.1 Å². The first kappa shape index (κ1) is 20.2. The molecule has 1 aromatic heterocycles. The molecule has 0 spiro atoms. The molecule has 4 nitrogen and oxygen atoms in total. The third-order valence-corrected chi connectivity index (χ3v) is 5.22. The minimum absolute atomic E-state index is 0. The van der Waals surface area contributed by atoms with E-state index in [1.165, 1.54) is 24.2 Å². The number of benzene rings is 1. The van der Waals surface area contributed by atoms with Crippen molar-refractivity contribution in [3.63, 3.8) is 0 Å². The van der Waals surface area contributed by atoms with Gasteiger partial charge in [0.2, 0.25) is 0 Å². The van der Waals surface area contributed by atoms with Gasteiger partial charge in [-0.1, -0.05) is 30.3 Å². The van der Waals surface area contributed by atoms with E-state index in [4.69, 9.17) is 9.41 Å². The molecule has 1 saturated heterocycles. The fraction of sp³-hybridized carbons (Fsp3) is 0.421. The van der Waals surface area contributed by atoms with E-state index in [0.29, 0.717) is 12.6 Å². The summed E-state index contributed by atoms with van der Waals surface area (Å²) in [4.78, 5) is 4.76. The van der Waals surface area contributed by atoms with Crippen molar-refractivity contribution in [2.24, 2.45) is 4.99 Å². The molecule has 1 atom stereocenters. The zero-order chi connectivity index (χ0) is 16.5. The van der Waals surface area contributed by atoms with E-state index in [-0.39, 0.29) is 24.0 Å². The van der Waals surface area contributed by atoms with Gasteiger partial charge in [0.1, 0.15) is 5.76 Å². The number of aliphatic imine (C=N–C) groups is 1. The van der Waals surface area contributed by atoms with Gasteiger partial charge in [0.25, 0.3) is 0 Å². The van der Waals surface area contributed by atoms with Crippen LogP contribution in [0.4, 0.5) is 0 Å². The molecule has 0 saturated carbocycles. The van der Waals surface area contributed by atoms with Gasteiger partial charge < -0.3 is 15.1 Å². The average molecular weight is 471 g/mol. The topological polar surface area (TPSA) is 49.6 Å². The van der Waals surface area contributed by atoms with Gasteiger partial charge in [0.15, 0.2) is 5.96 Å². The van der Waals surface area contributed by atoms with Crippen molar-refractivity contribution in [1.29, 1.82) is 0 Å². The lowest BCUT2D eigenvalue weighted by atomic mass is 10.2. The van der Waals surface area contributed by atoms with Gasteiger partial charge >= 0.3 is 0 Å². The summed E-state index contributed by atoms with van der Waals surface area (Å²) >= 11 is 2.02. The highest BCUT2D eigenvalue weighted by atomic mass is 127. The van der Waals surface area contributed by atoms with Crippen molar-refractivity contribution in [2.75, 3.05) is 18.1 Å². The lowest BCUT2D eigenvalue weighted by Gasteiger charge is -2.24. The van der Waals surface area contributed by atoms with Gasteiger partial charge in [-0.05, 0) is 36.3 Å². The highest BCUT2D eigenvalue weighted by molar-refractivity contribution is 14.0. The normalized spacial score (nSPS) is 17.6. The summed E-state index contributed by atoms with van der Waals surface area (Å²) < 4.78 is 5.39. The molecular formula is C19H26IN3OS. The Morgan fingerprint density at radius 3 is 2.80 bits per heavy atom. The molecular weight excluding hydrogens is 445 g/mol. The van der Waals surface area contributed by atoms with E-state index >= 15 is 0 Å². The first-order valence-corrected chi connectivity index (χ1v) is 9.74. The summed E-state index contributed by atoms with van der Waals surface area (Å²) in [7, 11) is 0. The number of furan rings is 1. The molecule has 0 radical (unpaired) electrons. The Bertz CT molecular complexity index is 613. The van der Waals surface area contributed by atoms with E-state index in [0.717, 1.165) is 30.4 Å². The monoisotopic (exact) mass is 471 g/mol. The van der Waals surface area contributed by atoms with Crippen LogP contribution >= 0.6 is 35.7 Å². The van der Waals surface area contributed by atoms with Gasteiger partial charge in [-0.25, -0.2) is 4.99 Å². The second-order valence-electron chi connectivity index (χ2n) is 5.96. The predicted octanol–water partition coefficient (Wildman–Crippen LogP) is 4.07. The summed E-state index contributed by atoms with van der Waals surface area (Å²) in [5.41, 5.74) is 1.22. The maximum atomic E-state index is 5.39. The number of nitrogens with zero attached hydrogens (tertiary/aromatic N) is 1. The number of halogens is 1. The van der Waals surface area contributed by atoms with Crippen molar-refractivity contribution >= 4 is 41.7 Å². The highest BCUT2D eigenvalue weighted by Crippen LogP contribution is 2.16. The summed E-state index contributed by atoms with van der Waals surface area (Å²) in [6.07, 6.45) is 5.08. The summed E-state index contributed by atoms with van der Waals surface area (Å²) in [5, 5.41) is 7.04. The zero-order valence-corrected chi connectivity index (χ0v) is 17.5. The zero-order valence-electron chi connectivity index (χ0n) is 14.3. The minimum Gasteiger partial charge on any atom is -0.469 e. The number of hydrogen-bond acceptors (Lipinski definition) is 3. The van der Waals surface area contributed by atoms with Crippen LogP contribution in [0.5, 0.6) is 0 Å². The molecule has 136 valence electrons. The molecule has 1 fully saturated rings. The third kappa shape index (κ3) is 7.32. The number of hydrogen-bond donors (Lipinski definition) is 2. The lowest BCUT2D eigenvalue weighted by molar-refractivity contribution is 0.505. The Balaban J connectivity index is 0.00000225. The molecule has 1 unspecified atom stereocenters. The summed E-state index contributed by atoms with van der Waals surface area (Å²) in [6.45, 7) is 1.50. The van der Waals surface area contributed by atoms with Gasteiger partial charge in [-0.15, -0.1) is 24.0 Å². The Labute approximate surface area is 171 Å².